The number of carbonyl (C=O) groups is 2. The van der Waals surface area contributed by atoms with Crippen LogP contribution < -0.4 is 15.5 Å². The van der Waals surface area contributed by atoms with Gasteiger partial charge in [-0.15, -0.1) is 0 Å². The lowest BCUT2D eigenvalue weighted by atomic mass is 10.2. The molecule has 152 valence electrons. The summed E-state index contributed by atoms with van der Waals surface area (Å²) in [4.78, 5) is 23.4. The molecule has 0 unspecified atom stereocenters. The maximum absolute atomic E-state index is 13.2. The largest absolute Gasteiger partial charge is 0.489 e. The smallest absolute Gasteiger partial charge is 0.329 e. The molecule has 2 aromatic carbocycles. The molecule has 1 aliphatic rings. The molecule has 0 bridgehead atoms. The molecule has 29 heavy (non-hydrogen) atoms. The second-order valence-electron chi connectivity index (χ2n) is 6.53. The van der Waals surface area contributed by atoms with Gasteiger partial charge in [-0.25, -0.2) is 9.82 Å². The van der Waals surface area contributed by atoms with Crippen LogP contribution >= 0.6 is 0 Å². The van der Waals surface area contributed by atoms with E-state index in [0.29, 0.717) is 24.5 Å². The van der Waals surface area contributed by atoms with E-state index >= 15 is 0 Å². The van der Waals surface area contributed by atoms with Crippen molar-refractivity contribution in [2.45, 2.75) is 25.6 Å². The highest BCUT2D eigenvalue weighted by Crippen LogP contribution is 2.14. The Hall–Kier alpha value is -3.26. The Morgan fingerprint density at radius 3 is 2.76 bits per heavy atom. The van der Waals surface area contributed by atoms with Gasteiger partial charge in [0.05, 0.1) is 12.3 Å². The molecule has 2 N–H and O–H groups in total. The van der Waals surface area contributed by atoms with E-state index in [1.165, 1.54) is 18.3 Å². The first kappa shape index (κ1) is 20.5. The zero-order chi connectivity index (χ0) is 20.5. The summed E-state index contributed by atoms with van der Waals surface area (Å²) in [6.45, 7) is 1.25. The van der Waals surface area contributed by atoms with Gasteiger partial charge in [-0.1, -0.05) is 12.1 Å². The van der Waals surface area contributed by atoms with Gasteiger partial charge in [0, 0.05) is 13.2 Å². The zero-order valence-corrected chi connectivity index (χ0v) is 15.8. The highest BCUT2D eigenvalue weighted by atomic mass is 19.1. The fraction of sp³-hybridized carbons (Fsp3) is 0.286. The van der Waals surface area contributed by atoms with Crippen molar-refractivity contribution in [3.05, 3.63) is 65.5 Å². The summed E-state index contributed by atoms with van der Waals surface area (Å²) in [5.41, 5.74) is 3.63. The topological polar surface area (TPSA) is 89.0 Å². The van der Waals surface area contributed by atoms with Gasteiger partial charge in [0.2, 0.25) is 0 Å². The van der Waals surface area contributed by atoms with Crippen LogP contribution in [0.25, 0.3) is 0 Å². The molecule has 3 rings (SSSR count). The molecule has 0 saturated carbocycles. The number of halogens is 1. The van der Waals surface area contributed by atoms with Gasteiger partial charge in [-0.2, -0.15) is 5.10 Å². The van der Waals surface area contributed by atoms with Gasteiger partial charge >= 0.3 is 11.8 Å². The number of benzene rings is 2. The van der Waals surface area contributed by atoms with E-state index < -0.39 is 11.8 Å². The molecular formula is C21H22FN3O4. The van der Waals surface area contributed by atoms with Crippen molar-refractivity contribution in [1.29, 1.82) is 0 Å². The van der Waals surface area contributed by atoms with Crippen LogP contribution in [0.5, 0.6) is 5.75 Å². The molecule has 1 fully saturated rings. The standard InChI is InChI=1S/C21H22FN3O4/c22-17-4-1-3-16(11-17)14-29-18-8-6-15(7-9-18)12-24-25-21(27)20(26)23-13-19-5-2-10-28-19/h1,3-4,6-9,11-12,19H,2,5,10,13-14H2,(H,23,26)(H,25,27)/b24-12-/t19-/m1/s1. The number of hydrazone groups is 1. The summed E-state index contributed by atoms with van der Waals surface area (Å²) in [5.74, 6) is -1.28. The molecule has 8 heteroatoms. The summed E-state index contributed by atoms with van der Waals surface area (Å²) >= 11 is 0. The summed E-state index contributed by atoms with van der Waals surface area (Å²) in [6.07, 6.45) is 3.23. The quantitative estimate of drug-likeness (QED) is 0.424. The number of nitrogens with zero attached hydrogens (tertiary/aromatic N) is 1. The van der Waals surface area contributed by atoms with E-state index in [1.54, 1.807) is 36.4 Å². The fourth-order valence-electron chi connectivity index (χ4n) is 2.75. The van der Waals surface area contributed by atoms with Crippen molar-refractivity contribution < 1.29 is 23.5 Å². The highest BCUT2D eigenvalue weighted by molar-refractivity contribution is 6.35. The van der Waals surface area contributed by atoms with Crippen molar-refractivity contribution in [3.8, 4) is 5.75 Å². The van der Waals surface area contributed by atoms with E-state index in [-0.39, 0.29) is 18.5 Å². The van der Waals surface area contributed by atoms with Crippen LogP contribution in [0.3, 0.4) is 0 Å². The predicted octanol–water partition coefficient (Wildman–Crippen LogP) is 2.15. The molecule has 2 amide bonds. The van der Waals surface area contributed by atoms with Crippen LogP contribution in [0.1, 0.15) is 24.0 Å². The number of rotatable bonds is 7. The van der Waals surface area contributed by atoms with Gasteiger partial charge < -0.3 is 14.8 Å². The lowest BCUT2D eigenvalue weighted by Crippen LogP contribution is -2.41. The Bertz CT molecular complexity index is 864. The first-order chi connectivity index (χ1) is 14.1. The monoisotopic (exact) mass is 399 g/mol. The number of carbonyl (C=O) groups excluding carboxylic acids is 2. The predicted molar refractivity (Wildman–Crippen MR) is 105 cm³/mol. The first-order valence-corrected chi connectivity index (χ1v) is 9.30. The summed E-state index contributed by atoms with van der Waals surface area (Å²) in [7, 11) is 0. The number of nitrogens with one attached hydrogen (secondary N) is 2. The van der Waals surface area contributed by atoms with Crippen LogP contribution in [0.15, 0.2) is 53.6 Å². The third-order valence-electron chi connectivity index (χ3n) is 4.27. The van der Waals surface area contributed by atoms with Crippen molar-refractivity contribution in [2.24, 2.45) is 5.10 Å². The van der Waals surface area contributed by atoms with Gasteiger partial charge in [0.1, 0.15) is 18.2 Å². The number of hydrogen-bond acceptors (Lipinski definition) is 5. The molecule has 0 spiro atoms. The van der Waals surface area contributed by atoms with Crippen molar-refractivity contribution in [1.82, 2.24) is 10.7 Å². The Morgan fingerprint density at radius 2 is 2.03 bits per heavy atom. The Labute approximate surface area is 167 Å². The van der Waals surface area contributed by atoms with Gasteiger partial charge in [-0.05, 0) is 60.4 Å². The molecule has 1 atom stereocenters. The van der Waals surface area contributed by atoms with Crippen LogP contribution in [0.2, 0.25) is 0 Å². The summed E-state index contributed by atoms with van der Waals surface area (Å²) in [6, 6.07) is 13.2. The second kappa shape index (κ2) is 10.3. The van der Waals surface area contributed by atoms with Gasteiger partial charge in [0.15, 0.2) is 0 Å². The van der Waals surface area contributed by atoms with Crippen molar-refractivity contribution in [3.63, 3.8) is 0 Å². The molecule has 1 aliphatic heterocycles. The molecular weight excluding hydrogens is 377 g/mol. The SMILES string of the molecule is O=C(NC[C@H]1CCCO1)C(=O)N/N=C\c1ccc(OCc2cccc(F)c2)cc1. The normalized spacial score (nSPS) is 16.0. The third-order valence-corrected chi connectivity index (χ3v) is 4.27. The lowest BCUT2D eigenvalue weighted by Gasteiger charge is -2.09. The molecule has 0 aliphatic carbocycles. The van der Waals surface area contributed by atoms with E-state index in [4.69, 9.17) is 9.47 Å². The number of amides is 2. The zero-order valence-electron chi connectivity index (χ0n) is 15.8. The number of ether oxygens (including phenoxy) is 2. The molecule has 1 saturated heterocycles. The van der Waals surface area contributed by atoms with Crippen LogP contribution in [0, 0.1) is 5.82 Å². The molecule has 1 heterocycles. The van der Waals surface area contributed by atoms with Gasteiger partial charge in [0.25, 0.3) is 0 Å². The Morgan fingerprint density at radius 1 is 1.21 bits per heavy atom. The van der Waals surface area contributed by atoms with Crippen molar-refractivity contribution >= 4 is 18.0 Å². The molecule has 0 aromatic heterocycles. The molecule has 0 radical (unpaired) electrons. The Kier molecular flexibility index (Phi) is 7.29. The molecule has 7 nitrogen and oxygen atoms in total. The molecule has 2 aromatic rings. The lowest BCUT2D eigenvalue weighted by molar-refractivity contribution is -0.139. The average molecular weight is 399 g/mol. The van der Waals surface area contributed by atoms with Crippen LogP contribution in [-0.2, 0) is 20.9 Å². The maximum Gasteiger partial charge on any atom is 0.329 e. The van der Waals surface area contributed by atoms with Crippen LogP contribution in [-0.4, -0.2) is 37.3 Å². The third kappa shape index (κ3) is 6.69. The number of hydrogen-bond donors (Lipinski definition) is 2. The summed E-state index contributed by atoms with van der Waals surface area (Å²) in [5, 5.41) is 6.30. The van der Waals surface area contributed by atoms with Crippen LogP contribution in [0.4, 0.5) is 4.39 Å². The highest BCUT2D eigenvalue weighted by Gasteiger charge is 2.18. The average Bonchev–Trinajstić information content (AvgIpc) is 3.25. The first-order valence-electron chi connectivity index (χ1n) is 9.30. The van der Waals surface area contributed by atoms with E-state index in [2.05, 4.69) is 15.8 Å². The minimum Gasteiger partial charge on any atom is -0.489 e. The summed E-state index contributed by atoms with van der Waals surface area (Å²) < 4.78 is 24.1. The minimum absolute atomic E-state index is 0.0306. The van der Waals surface area contributed by atoms with E-state index in [1.807, 2.05) is 0 Å². The van der Waals surface area contributed by atoms with Crippen molar-refractivity contribution in [2.75, 3.05) is 13.2 Å². The van der Waals surface area contributed by atoms with E-state index in [9.17, 15) is 14.0 Å². The van der Waals surface area contributed by atoms with Gasteiger partial charge in [-0.3, -0.25) is 9.59 Å². The Balaban J connectivity index is 1.40. The maximum atomic E-state index is 13.2. The fourth-order valence-corrected chi connectivity index (χ4v) is 2.75. The minimum atomic E-state index is -0.839. The van der Waals surface area contributed by atoms with E-state index in [0.717, 1.165) is 18.4 Å². The second-order valence-corrected chi connectivity index (χ2v) is 6.53.